The molecule has 0 bridgehead atoms. The lowest BCUT2D eigenvalue weighted by Crippen LogP contribution is -2.31. The first kappa shape index (κ1) is 16.8. The van der Waals surface area contributed by atoms with Crippen molar-refractivity contribution in [1.29, 1.82) is 0 Å². The van der Waals surface area contributed by atoms with E-state index in [9.17, 15) is 18.7 Å². The number of carbonyl (C=O) groups is 1. The summed E-state index contributed by atoms with van der Waals surface area (Å²) in [5.74, 6) is -0.632. The maximum atomic E-state index is 12.4. The van der Waals surface area contributed by atoms with Crippen molar-refractivity contribution in [1.82, 2.24) is 4.90 Å². The van der Waals surface area contributed by atoms with Gasteiger partial charge in [-0.3, -0.25) is 9.69 Å². The molecule has 1 rings (SSSR count). The van der Waals surface area contributed by atoms with Gasteiger partial charge in [-0.05, 0) is 19.1 Å². The Labute approximate surface area is 120 Å². The maximum absolute atomic E-state index is 12.4. The van der Waals surface area contributed by atoms with Crippen molar-refractivity contribution in [2.75, 3.05) is 19.7 Å². The summed E-state index contributed by atoms with van der Waals surface area (Å²) in [6.07, 6.45) is -2.56. The van der Waals surface area contributed by atoms with E-state index in [2.05, 4.69) is 0 Å². The van der Waals surface area contributed by atoms with Crippen LogP contribution in [0.3, 0.4) is 0 Å². The SMILES string of the molecule is CC(=O)c1cc(Cl)cc(CN(CCO)CC(F)F)c1O. The summed E-state index contributed by atoms with van der Waals surface area (Å²) in [7, 11) is 0. The van der Waals surface area contributed by atoms with Gasteiger partial charge in [0.25, 0.3) is 6.43 Å². The number of nitrogens with zero attached hydrogens (tertiary/aromatic N) is 1. The lowest BCUT2D eigenvalue weighted by atomic mass is 10.1. The number of ketones is 1. The number of hydrogen-bond donors (Lipinski definition) is 2. The fourth-order valence-electron chi connectivity index (χ4n) is 1.86. The number of hydrogen-bond acceptors (Lipinski definition) is 4. The third-order valence-electron chi connectivity index (χ3n) is 2.74. The zero-order valence-electron chi connectivity index (χ0n) is 10.9. The molecule has 0 amide bonds. The summed E-state index contributed by atoms with van der Waals surface area (Å²) in [5, 5.41) is 19.1. The van der Waals surface area contributed by atoms with Crippen LogP contribution in [0.1, 0.15) is 22.8 Å². The van der Waals surface area contributed by atoms with Gasteiger partial charge in [0.05, 0.1) is 18.7 Å². The van der Waals surface area contributed by atoms with Gasteiger partial charge in [0, 0.05) is 23.7 Å². The zero-order valence-corrected chi connectivity index (χ0v) is 11.7. The van der Waals surface area contributed by atoms with Gasteiger partial charge in [0.2, 0.25) is 0 Å². The first-order chi connectivity index (χ1) is 9.35. The van der Waals surface area contributed by atoms with Crippen LogP contribution in [0.25, 0.3) is 0 Å². The van der Waals surface area contributed by atoms with Crippen LogP contribution in [0.2, 0.25) is 5.02 Å². The van der Waals surface area contributed by atoms with E-state index in [4.69, 9.17) is 16.7 Å². The smallest absolute Gasteiger partial charge is 0.251 e. The van der Waals surface area contributed by atoms with Crippen LogP contribution in [0.5, 0.6) is 5.75 Å². The predicted molar refractivity (Wildman–Crippen MR) is 71.5 cm³/mol. The van der Waals surface area contributed by atoms with Gasteiger partial charge in [-0.2, -0.15) is 0 Å². The van der Waals surface area contributed by atoms with Gasteiger partial charge < -0.3 is 10.2 Å². The zero-order chi connectivity index (χ0) is 15.3. The minimum absolute atomic E-state index is 0.0302. The van der Waals surface area contributed by atoms with Gasteiger partial charge in [-0.15, -0.1) is 0 Å². The highest BCUT2D eigenvalue weighted by molar-refractivity contribution is 6.31. The van der Waals surface area contributed by atoms with Crippen molar-refractivity contribution in [2.45, 2.75) is 19.9 Å². The summed E-state index contributed by atoms with van der Waals surface area (Å²) in [6.45, 7) is 0.457. The number of aliphatic hydroxyl groups is 1. The van der Waals surface area contributed by atoms with Gasteiger partial charge in [0.15, 0.2) is 5.78 Å². The number of phenols is 1. The average Bonchev–Trinajstić information content (AvgIpc) is 2.32. The van der Waals surface area contributed by atoms with Crippen molar-refractivity contribution in [3.63, 3.8) is 0 Å². The molecule has 0 aromatic heterocycles. The second-order valence-corrected chi connectivity index (χ2v) is 4.80. The van der Waals surface area contributed by atoms with E-state index in [1.165, 1.54) is 24.0 Å². The third-order valence-corrected chi connectivity index (χ3v) is 2.96. The molecule has 0 spiro atoms. The molecule has 0 radical (unpaired) electrons. The molecule has 0 atom stereocenters. The summed E-state index contributed by atoms with van der Waals surface area (Å²) >= 11 is 5.85. The van der Waals surface area contributed by atoms with Gasteiger partial charge in [-0.25, -0.2) is 8.78 Å². The summed E-state index contributed by atoms with van der Waals surface area (Å²) in [5.41, 5.74) is 0.324. The molecular formula is C13H16ClF2NO3. The topological polar surface area (TPSA) is 60.8 Å². The molecule has 1 aromatic carbocycles. The standard InChI is InChI=1S/C13H16ClF2NO3/c1-8(19)11-5-10(14)4-9(13(11)20)6-17(2-3-18)7-12(15)16/h4-5,12,18,20H,2-3,6-7H2,1H3. The molecule has 4 nitrogen and oxygen atoms in total. The fraction of sp³-hybridized carbons (Fsp3) is 0.462. The van der Waals surface area contributed by atoms with Crippen molar-refractivity contribution >= 4 is 17.4 Å². The fourth-order valence-corrected chi connectivity index (χ4v) is 2.10. The maximum Gasteiger partial charge on any atom is 0.251 e. The van der Waals surface area contributed by atoms with Crippen LogP contribution in [0, 0.1) is 0 Å². The molecular weight excluding hydrogens is 292 g/mol. The van der Waals surface area contributed by atoms with E-state index in [1.807, 2.05) is 0 Å². The minimum Gasteiger partial charge on any atom is -0.507 e. The van der Waals surface area contributed by atoms with Crippen LogP contribution >= 0.6 is 11.6 Å². The monoisotopic (exact) mass is 307 g/mol. The Morgan fingerprint density at radius 3 is 2.60 bits per heavy atom. The Kier molecular flexibility index (Phi) is 6.32. The van der Waals surface area contributed by atoms with Gasteiger partial charge >= 0.3 is 0 Å². The number of rotatable bonds is 7. The molecule has 0 aliphatic heterocycles. The second-order valence-electron chi connectivity index (χ2n) is 4.37. The number of aliphatic hydroxyl groups excluding tert-OH is 1. The largest absolute Gasteiger partial charge is 0.507 e. The van der Waals surface area contributed by atoms with E-state index in [-0.39, 0.29) is 47.4 Å². The highest BCUT2D eigenvalue weighted by atomic mass is 35.5. The van der Waals surface area contributed by atoms with E-state index in [1.54, 1.807) is 0 Å². The molecule has 0 saturated carbocycles. The molecule has 2 N–H and O–H groups in total. The van der Waals surface area contributed by atoms with Crippen molar-refractivity contribution in [3.05, 3.63) is 28.3 Å². The Morgan fingerprint density at radius 1 is 1.45 bits per heavy atom. The Morgan fingerprint density at radius 2 is 2.10 bits per heavy atom. The lowest BCUT2D eigenvalue weighted by molar-refractivity contribution is 0.0741. The first-order valence-electron chi connectivity index (χ1n) is 5.98. The van der Waals surface area contributed by atoms with Gasteiger partial charge in [-0.1, -0.05) is 11.6 Å². The highest BCUT2D eigenvalue weighted by Gasteiger charge is 2.17. The van der Waals surface area contributed by atoms with Crippen LogP contribution in [0.4, 0.5) is 8.78 Å². The van der Waals surface area contributed by atoms with Crippen LogP contribution in [-0.4, -0.2) is 47.0 Å². The molecule has 0 heterocycles. The number of phenolic OH excluding ortho intramolecular Hbond substituents is 1. The number of aromatic hydroxyl groups is 1. The number of Topliss-reactive ketones (excluding diaryl/α,β-unsaturated/α-hetero) is 1. The lowest BCUT2D eigenvalue weighted by Gasteiger charge is -2.22. The van der Waals surface area contributed by atoms with Crippen molar-refractivity contribution in [3.8, 4) is 5.75 Å². The molecule has 0 aliphatic rings. The third kappa shape index (κ3) is 4.70. The van der Waals surface area contributed by atoms with Crippen LogP contribution in [-0.2, 0) is 6.54 Å². The van der Waals surface area contributed by atoms with Crippen molar-refractivity contribution < 1.29 is 23.8 Å². The van der Waals surface area contributed by atoms with Crippen LogP contribution < -0.4 is 0 Å². The number of benzene rings is 1. The Balaban J connectivity index is 3.02. The quantitative estimate of drug-likeness (QED) is 0.759. The van der Waals surface area contributed by atoms with Gasteiger partial charge in [0.1, 0.15) is 5.75 Å². The number of carbonyl (C=O) groups excluding carboxylic acids is 1. The van der Waals surface area contributed by atoms with Crippen molar-refractivity contribution in [2.24, 2.45) is 0 Å². The molecule has 7 heteroatoms. The molecule has 0 fully saturated rings. The van der Waals surface area contributed by atoms with Crippen LogP contribution in [0.15, 0.2) is 12.1 Å². The Hall–Kier alpha value is -1.24. The molecule has 1 aromatic rings. The molecule has 0 saturated heterocycles. The minimum atomic E-state index is -2.56. The average molecular weight is 308 g/mol. The van der Waals surface area contributed by atoms with E-state index >= 15 is 0 Å². The second kappa shape index (κ2) is 7.52. The van der Waals surface area contributed by atoms with E-state index in [0.717, 1.165) is 0 Å². The summed E-state index contributed by atoms with van der Waals surface area (Å²) < 4.78 is 24.9. The highest BCUT2D eigenvalue weighted by Crippen LogP contribution is 2.28. The summed E-state index contributed by atoms with van der Waals surface area (Å²) in [6, 6.07) is 2.74. The van der Waals surface area contributed by atoms with E-state index in [0.29, 0.717) is 0 Å². The first-order valence-corrected chi connectivity index (χ1v) is 6.36. The summed E-state index contributed by atoms with van der Waals surface area (Å²) in [4.78, 5) is 12.6. The normalized spacial score (nSPS) is 11.3. The van der Waals surface area contributed by atoms with E-state index < -0.39 is 13.0 Å². The number of halogens is 3. The Bertz CT molecular complexity index is 483. The predicted octanol–water partition coefficient (Wildman–Crippen LogP) is 2.31. The molecule has 112 valence electrons. The molecule has 0 unspecified atom stereocenters. The molecule has 20 heavy (non-hydrogen) atoms. The molecule has 0 aliphatic carbocycles. The number of alkyl halides is 2.